The van der Waals surface area contributed by atoms with Crippen molar-refractivity contribution in [3.05, 3.63) is 180 Å². The number of aliphatic imine (C=N–C) groups is 2. The Balaban J connectivity index is 1.37. The third-order valence-electron chi connectivity index (χ3n) is 9.96. The lowest BCUT2D eigenvalue weighted by atomic mass is 10.0. The smallest absolute Gasteiger partial charge is 0.146 e. The van der Waals surface area contributed by atoms with Gasteiger partial charge in [-0.2, -0.15) is 0 Å². The number of aromatic amines is 2. The van der Waals surface area contributed by atoms with Gasteiger partial charge in [-0.25, -0.2) is 9.98 Å². The molecule has 56 heavy (non-hydrogen) atoms. The van der Waals surface area contributed by atoms with Crippen molar-refractivity contribution >= 4 is 45.8 Å². The molecule has 0 unspecified atom stereocenters. The quantitative estimate of drug-likeness (QED) is 0.161. The molecule has 0 atom stereocenters. The molecule has 0 radical (unpaired) electrons. The molecule has 10 heteroatoms. The Bertz CT molecular complexity index is 2420. The van der Waals surface area contributed by atoms with Gasteiger partial charge in [0.2, 0.25) is 0 Å². The molecule has 2 N–H and O–H groups in total. The van der Waals surface area contributed by atoms with Gasteiger partial charge in [0.1, 0.15) is 57.7 Å². The maximum Gasteiger partial charge on any atom is 0.146 e. The Morgan fingerprint density at radius 1 is 0.411 bits per heavy atom. The number of amidine groups is 2. The van der Waals surface area contributed by atoms with Gasteiger partial charge in [-0.1, -0.05) is 72.8 Å². The summed E-state index contributed by atoms with van der Waals surface area (Å²) in [6.45, 7) is 0. The largest absolute Gasteiger partial charge is 0.494 e. The number of anilines is 4. The van der Waals surface area contributed by atoms with Gasteiger partial charge in [-0.05, 0) is 84.0 Å². The van der Waals surface area contributed by atoms with E-state index in [0.717, 1.165) is 56.7 Å². The number of benzene rings is 4. The molecule has 0 amide bonds. The van der Waals surface area contributed by atoms with Crippen molar-refractivity contribution in [2.45, 2.75) is 0 Å². The van der Waals surface area contributed by atoms with Crippen molar-refractivity contribution in [3.63, 3.8) is 0 Å². The first-order valence-corrected chi connectivity index (χ1v) is 18.1. The number of para-hydroxylation sites is 2. The van der Waals surface area contributed by atoms with E-state index < -0.39 is 0 Å². The third kappa shape index (κ3) is 5.84. The number of methoxy groups -OCH3 is 4. The maximum atomic E-state index is 5.96. The third-order valence-corrected chi connectivity index (χ3v) is 9.96. The molecule has 3 aliphatic heterocycles. The minimum Gasteiger partial charge on any atom is -0.494 e. The molecule has 0 spiro atoms. The zero-order valence-corrected chi connectivity index (χ0v) is 31.3. The monoisotopic (exact) mass is 738 g/mol. The Morgan fingerprint density at radius 3 is 1.14 bits per heavy atom. The molecular formula is C46H38N6O4. The summed E-state index contributed by atoms with van der Waals surface area (Å²) >= 11 is 0. The number of nitrogens with one attached hydrogen (secondary N) is 2. The van der Waals surface area contributed by atoms with Crippen LogP contribution in [0.5, 0.6) is 23.0 Å². The van der Waals surface area contributed by atoms with Crippen molar-refractivity contribution in [3.8, 4) is 23.0 Å². The highest BCUT2D eigenvalue weighted by atomic mass is 16.5. The topological polar surface area (TPSA) is 99.7 Å². The van der Waals surface area contributed by atoms with E-state index in [2.05, 4.69) is 46.4 Å². The first-order chi connectivity index (χ1) is 27.6. The van der Waals surface area contributed by atoms with Gasteiger partial charge < -0.3 is 28.9 Å². The van der Waals surface area contributed by atoms with Crippen LogP contribution < -0.4 is 28.7 Å². The van der Waals surface area contributed by atoms with Gasteiger partial charge in [0.15, 0.2) is 0 Å². The van der Waals surface area contributed by atoms with E-state index in [1.807, 2.05) is 119 Å². The highest BCUT2D eigenvalue weighted by Crippen LogP contribution is 2.46. The van der Waals surface area contributed by atoms with Crippen LogP contribution in [0.1, 0.15) is 22.5 Å². The SMILES string of the molecule is COc1cccc(OC)c1N1C2=NC(=C(c3ccccc3)c3ccc([nH]3)N(c3c(OC)cccc3OC)C3=NC(=C(c4ccccc4)c4ccc1[nH]4)C=C3)C=C2. The first kappa shape index (κ1) is 34.3. The number of allylic oxidation sites excluding steroid dienone is 2. The highest BCUT2D eigenvalue weighted by molar-refractivity contribution is 6.16. The maximum absolute atomic E-state index is 5.96. The highest BCUT2D eigenvalue weighted by Gasteiger charge is 2.31. The van der Waals surface area contributed by atoms with E-state index in [9.17, 15) is 0 Å². The van der Waals surface area contributed by atoms with E-state index in [0.29, 0.717) is 46.0 Å². The van der Waals surface area contributed by atoms with E-state index in [1.165, 1.54) is 0 Å². The van der Waals surface area contributed by atoms with Crippen LogP contribution in [0.25, 0.3) is 11.1 Å². The lowest BCUT2D eigenvalue weighted by molar-refractivity contribution is 0.396. The molecule has 0 aliphatic carbocycles. The van der Waals surface area contributed by atoms with Crippen LogP contribution in [0.15, 0.2) is 167 Å². The van der Waals surface area contributed by atoms with Crippen molar-refractivity contribution in [2.75, 3.05) is 38.2 Å². The van der Waals surface area contributed by atoms with Crippen LogP contribution in [0, 0.1) is 0 Å². The second-order valence-corrected chi connectivity index (χ2v) is 13.1. The Labute approximate surface area is 324 Å². The fourth-order valence-corrected chi connectivity index (χ4v) is 7.46. The molecule has 8 bridgehead atoms. The number of rotatable bonds is 8. The summed E-state index contributed by atoms with van der Waals surface area (Å²) in [5, 5.41) is 0. The fraction of sp³-hybridized carbons (Fsp3) is 0.0870. The molecule has 6 aromatic rings. The number of hydrogen-bond acceptors (Lipinski definition) is 8. The minimum atomic E-state index is 0.627. The zero-order chi connectivity index (χ0) is 38.2. The molecule has 276 valence electrons. The van der Waals surface area contributed by atoms with E-state index in [1.54, 1.807) is 28.4 Å². The van der Waals surface area contributed by atoms with Crippen molar-refractivity contribution in [1.29, 1.82) is 0 Å². The number of fused-ring (bicyclic) bond motifs is 6. The van der Waals surface area contributed by atoms with E-state index >= 15 is 0 Å². The number of H-pyrrole nitrogens is 2. The van der Waals surface area contributed by atoms with Crippen molar-refractivity contribution < 1.29 is 18.9 Å². The number of ether oxygens (including phenoxy) is 4. The summed E-state index contributed by atoms with van der Waals surface area (Å²) in [6, 6.07) is 40.3. The Hall–Kier alpha value is -7.46. The fourth-order valence-electron chi connectivity index (χ4n) is 7.46. The van der Waals surface area contributed by atoms with Crippen molar-refractivity contribution in [1.82, 2.24) is 9.97 Å². The molecule has 3 aliphatic rings. The summed E-state index contributed by atoms with van der Waals surface area (Å²) in [6.07, 6.45) is 8.13. The summed E-state index contributed by atoms with van der Waals surface area (Å²) in [7, 11) is 6.64. The zero-order valence-electron chi connectivity index (χ0n) is 31.3. The molecule has 10 nitrogen and oxygen atoms in total. The second-order valence-electron chi connectivity index (χ2n) is 13.1. The number of aromatic nitrogens is 2. The second kappa shape index (κ2) is 14.4. The number of nitrogens with zero attached hydrogens (tertiary/aromatic N) is 4. The van der Waals surface area contributed by atoms with Gasteiger partial charge in [0, 0.05) is 22.5 Å². The van der Waals surface area contributed by atoms with Gasteiger partial charge in [-0.15, -0.1) is 0 Å². The Morgan fingerprint density at radius 2 is 0.786 bits per heavy atom. The lowest BCUT2D eigenvalue weighted by Crippen LogP contribution is -2.25. The molecule has 4 aromatic carbocycles. The molecule has 5 heterocycles. The molecule has 9 rings (SSSR count). The van der Waals surface area contributed by atoms with Crippen LogP contribution in [0.4, 0.5) is 23.0 Å². The summed E-state index contributed by atoms with van der Waals surface area (Å²) in [4.78, 5) is 22.3. The summed E-state index contributed by atoms with van der Waals surface area (Å²) < 4.78 is 23.9. The van der Waals surface area contributed by atoms with Gasteiger partial charge in [0.25, 0.3) is 0 Å². The van der Waals surface area contributed by atoms with Crippen LogP contribution in [-0.4, -0.2) is 50.1 Å². The van der Waals surface area contributed by atoms with Gasteiger partial charge >= 0.3 is 0 Å². The lowest BCUT2D eigenvalue weighted by Gasteiger charge is -2.26. The minimum absolute atomic E-state index is 0.627. The molecule has 0 saturated carbocycles. The average Bonchev–Trinajstić information content (AvgIpc) is 4.10. The molecule has 0 saturated heterocycles. The first-order valence-electron chi connectivity index (χ1n) is 18.1. The van der Waals surface area contributed by atoms with E-state index in [-0.39, 0.29) is 0 Å². The predicted molar refractivity (Wildman–Crippen MR) is 223 cm³/mol. The summed E-state index contributed by atoms with van der Waals surface area (Å²) in [5.74, 6) is 5.35. The molecular weight excluding hydrogens is 701 g/mol. The molecule has 0 fully saturated rings. The van der Waals surface area contributed by atoms with E-state index in [4.69, 9.17) is 28.9 Å². The van der Waals surface area contributed by atoms with Crippen LogP contribution in [0.3, 0.4) is 0 Å². The van der Waals surface area contributed by atoms with Crippen molar-refractivity contribution in [2.24, 2.45) is 9.98 Å². The predicted octanol–water partition coefficient (Wildman–Crippen LogP) is 9.82. The molecule has 2 aromatic heterocycles. The Kier molecular flexibility index (Phi) is 8.83. The van der Waals surface area contributed by atoms with Crippen LogP contribution in [-0.2, 0) is 0 Å². The number of hydrogen-bond donors (Lipinski definition) is 2. The standard InChI is InChI=1S/C46H38N6O4/c1-53-35-17-11-18-36(54-2)45(35)51-39-25-21-31(47-39)43(29-13-7-5-8-14-29)33-23-27-41(49-33)52(46-37(55-3)19-12-20-38(46)56-4)42-28-24-34(50-42)44(30-15-9-6-10-16-30)32-22-26-40(51)48-32/h5-28,47,50H,1-4H3. The van der Waals surface area contributed by atoms with Gasteiger partial charge in [0.05, 0.1) is 39.8 Å². The summed E-state index contributed by atoms with van der Waals surface area (Å²) in [5.41, 5.74) is 8.47. The van der Waals surface area contributed by atoms with Crippen LogP contribution in [0.2, 0.25) is 0 Å². The normalized spacial score (nSPS) is 14.6. The van der Waals surface area contributed by atoms with Crippen LogP contribution >= 0.6 is 0 Å². The average molecular weight is 739 g/mol. The van der Waals surface area contributed by atoms with Gasteiger partial charge in [-0.3, -0.25) is 9.80 Å².